The van der Waals surface area contributed by atoms with Gasteiger partial charge in [0.25, 0.3) is 0 Å². The average molecular weight is 494 g/mol. The van der Waals surface area contributed by atoms with Crippen molar-refractivity contribution < 1.29 is 23.4 Å². The van der Waals surface area contributed by atoms with Gasteiger partial charge in [-0.15, -0.1) is 0 Å². The van der Waals surface area contributed by atoms with E-state index in [1.54, 1.807) is 38.4 Å². The number of carbonyl (C=O) groups excluding carboxylic acids is 1. The number of nitrogens with zero attached hydrogens (tertiary/aromatic N) is 4. The Morgan fingerprint density at radius 2 is 1.94 bits per heavy atom. The van der Waals surface area contributed by atoms with E-state index in [9.17, 15) is 18.7 Å². The maximum atomic E-state index is 13.3. The number of ether oxygens (including phenoxy) is 1. The van der Waals surface area contributed by atoms with E-state index in [0.717, 1.165) is 28.0 Å². The molecule has 0 spiro atoms. The summed E-state index contributed by atoms with van der Waals surface area (Å²) in [4.78, 5) is 25.2. The third-order valence-electron chi connectivity index (χ3n) is 6.17. The van der Waals surface area contributed by atoms with Gasteiger partial charge in [-0.3, -0.25) is 4.79 Å². The van der Waals surface area contributed by atoms with Gasteiger partial charge >= 0.3 is 6.61 Å². The second-order valence-corrected chi connectivity index (χ2v) is 9.29. The molecule has 1 aliphatic heterocycles. The van der Waals surface area contributed by atoms with Crippen LogP contribution in [0.15, 0.2) is 48.8 Å². The van der Waals surface area contributed by atoms with E-state index in [-0.39, 0.29) is 17.7 Å². The molecule has 0 radical (unpaired) electrons. The summed E-state index contributed by atoms with van der Waals surface area (Å²) in [5.74, 6) is 0.846. The first kappa shape index (κ1) is 23.8. The fraction of sp³-hybridized carbons (Fsp3) is 0.308. The molecule has 186 valence electrons. The number of carbonyl (C=O) groups is 1. The van der Waals surface area contributed by atoms with Crippen molar-refractivity contribution in [1.82, 2.24) is 19.5 Å². The number of aryl methyl sites for hydroxylation is 1. The van der Waals surface area contributed by atoms with Crippen LogP contribution in [0.5, 0.6) is 5.75 Å². The van der Waals surface area contributed by atoms with Gasteiger partial charge in [0.1, 0.15) is 17.2 Å². The van der Waals surface area contributed by atoms with Gasteiger partial charge in [0.05, 0.1) is 17.1 Å². The Kier molecular flexibility index (Phi) is 5.91. The molecule has 0 bridgehead atoms. The number of halogens is 2. The smallest absolute Gasteiger partial charge is 0.387 e. The minimum Gasteiger partial charge on any atom is -0.434 e. The lowest BCUT2D eigenvalue weighted by atomic mass is 10.00. The number of hydrogen-bond acceptors (Lipinski definition) is 6. The number of hydrogen-bond donors (Lipinski definition) is 2. The molecule has 2 N–H and O–H groups in total. The molecule has 10 heteroatoms. The maximum absolute atomic E-state index is 13.3. The van der Waals surface area contributed by atoms with Crippen LogP contribution >= 0.6 is 0 Å². The van der Waals surface area contributed by atoms with Crippen molar-refractivity contribution in [2.45, 2.75) is 51.9 Å². The van der Waals surface area contributed by atoms with Crippen LogP contribution in [0, 0.1) is 0 Å². The molecule has 8 nitrogen and oxygen atoms in total. The van der Waals surface area contributed by atoms with Gasteiger partial charge in [-0.2, -0.15) is 8.78 Å². The number of alkyl halides is 2. The van der Waals surface area contributed by atoms with Gasteiger partial charge in [-0.25, -0.2) is 15.0 Å². The molecule has 0 saturated carbocycles. The van der Waals surface area contributed by atoms with Crippen molar-refractivity contribution in [3.63, 3.8) is 0 Å². The van der Waals surface area contributed by atoms with Crippen molar-refractivity contribution in [1.29, 1.82) is 0 Å². The zero-order valence-corrected chi connectivity index (χ0v) is 20.0. The van der Waals surface area contributed by atoms with Crippen LogP contribution in [-0.4, -0.2) is 37.1 Å². The first-order valence-electron chi connectivity index (χ1n) is 11.5. The summed E-state index contributed by atoms with van der Waals surface area (Å²) in [7, 11) is 0. The Morgan fingerprint density at radius 1 is 1.19 bits per heavy atom. The van der Waals surface area contributed by atoms with E-state index >= 15 is 0 Å². The van der Waals surface area contributed by atoms with Crippen molar-refractivity contribution >= 4 is 22.6 Å². The van der Waals surface area contributed by atoms with Crippen LogP contribution in [0.3, 0.4) is 0 Å². The molecule has 3 heterocycles. The Balaban J connectivity index is 1.62. The number of amides is 1. The van der Waals surface area contributed by atoms with Crippen LogP contribution < -0.4 is 10.1 Å². The zero-order valence-electron chi connectivity index (χ0n) is 20.0. The third kappa shape index (κ3) is 4.39. The molecule has 36 heavy (non-hydrogen) atoms. The number of anilines is 1. The Morgan fingerprint density at radius 3 is 2.61 bits per heavy atom. The van der Waals surface area contributed by atoms with Crippen molar-refractivity contribution in [3.05, 3.63) is 66.0 Å². The summed E-state index contributed by atoms with van der Waals surface area (Å²) >= 11 is 0. The van der Waals surface area contributed by atoms with E-state index in [1.807, 2.05) is 22.8 Å². The summed E-state index contributed by atoms with van der Waals surface area (Å²) in [5.41, 5.74) is 2.94. The number of nitrogens with one attached hydrogen (secondary N) is 1. The molecule has 1 aliphatic rings. The highest BCUT2D eigenvalue weighted by Crippen LogP contribution is 2.43. The van der Waals surface area contributed by atoms with E-state index < -0.39 is 12.2 Å². The van der Waals surface area contributed by atoms with E-state index in [1.165, 1.54) is 13.0 Å². The highest BCUT2D eigenvalue weighted by Gasteiger charge is 2.32. The lowest BCUT2D eigenvalue weighted by Gasteiger charge is -2.22. The molecular formula is C26H25F2N5O3. The molecule has 1 amide bonds. The van der Waals surface area contributed by atoms with Crippen LogP contribution in [0.4, 0.5) is 14.5 Å². The molecule has 0 fully saturated rings. The van der Waals surface area contributed by atoms with Gasteiger partial charge in [0.2, 0.25) is 5.91 Å². The first-order chi connectivity index (χ1) is 17.1. The first-order valence-corrected chi connectivity index (χ1v) is 11.5. The van der Waals surface area contributed by atoms with E-state index in [2.05, 4.69) is 15.3 Å². The molecule has 0 saturated heterocycles. The Hall–Kier alpha value is -3.92. The Bertz CT molecular complexity index is 1440. The maximum Gasteiger partial charge on any atom is 0.387 e. The van der Waals surface area contributed by atoms with Crippen LogP contribution in [0.1, 0.15) is 50.4 Å². The third-order valence-corrected chi connectivity index (χ3v) is 6.17. The minimum atomic E-state index is -3.00. The highest BCUT2D eigenvalue weighted by atomic mass is 19.3. The lowest BCUT2D eigenvalue weighted by molar-refractivity contribution is -0.114. The van der Waals surface area contributed by atoms with Crippen LogP contribution in [0.2, 0.25) is 0 Å². The zero-order chi connectivity index (χ0) is 25.6. The quantitative estimate of drug-likeness (QED) is 0.400. The Labute approximate surface area is 206 Å². The molecule has 2 aromatic heterocycles. The highest BCUT2D eigenvalue weighted by molar-refractivity contribution is 5.90. The topological polar surface area (TPSA) is 102 Å². The van der Waals surface area contributed by atoms with E-state index in [4.69, 9.17) is 9.72 Å². The minimum absolute atomic E-state index is 0.0164. The monoisotopic (exact) mass is 493 g/mol. The van der Waals surface area contributed by atoms with Crippen LogP contribution in [0.25, 0.3) is 22.2 Å². The summed E-state index contributed by atoms with van der Waals surface area (Å²) in [5, 5.41) is 12.9. The summed E-state index contributed by atoms with van der Waals surface area (Å²) in [6.07, 6.45) is 4.56. The number of aromatic nitrogens is 4. The molecule has 5 rings (SSSR count). The molecule has 2 aromatic carbocycles. The predicted molar refractivity (Wildman–Crippen MR) is 130 cm³/mol. The predicted octanol–water partition coefficient (Wildman–Crippen LogP) is 4.82. The van der Waals surface area contributed by atoms with Crippen LogP contribution in [-0.2, 0) is 16.8 Å². The second kappa shape index (κ2) is 8.94. The molecule has 0 aliphatic carbocycles. The standard InChI is InChI=1S/C26H25F2N5O3/c1-14(34)31-18-5-4-6-21(36-25(27)28)23(18)19-9-10-22-32-17-8-7-15(11-20(17)33(19)22)16-12-29-24(30-13-16)26(2,3)35/h4-8,11-13,19,25,35H,9-10H2,1-3H3,(H,31,34)/t19-/m1/s1. The van der Waals surface area contributed by atoms with Gasteiger partial charge < -0.3 is 19.7 Å². The molecule has 0 unspecified atom stereocenters. The van der Waals surface area contributed by atoms with Crippen molar-refractivity contribution in [2.75, 3.05) is 5.32 Å². The summed E-state index contributed by atoms with van der Waals surface area (Å²) in [6.45, 7) is 1.60. The average Bonchev–Trinajstić information content (AvgIpc) is 3.37. The van der Waals surface area contributed by atoms with Gasteiger partial charge in [0.15, 0.2) is 5.82 Å². The molecule has 4 aromatic rings. The van der Waals surface area contributed by atoms with Crippen molar-refractivity contribution in [2.24, 2.45) is 0 Å². The number of benzene rings is 2. The summed E-state index contributed by atoms with van der Waals surface area (Å²) < 4.78 is 33.4. The SMILES string of the molecule is CC(=O)Nc1cccc(OC(F)F)c1[C@H]1CCc2nc3ccc(-c4cnc(C(C)(C)O)nc4)cc3n21. The fourth-order valence-electron chi connectivity index (χ4n) is 4.69. The number of imidazole rings is 1. The van der Waals surface area contributed by atoms with Gasteiger partial charge in [-0.1, -0.05) is 12.1 Å². The number of fused-ring (bicyclic) bond motifs is 3. The van der Waals surface area contributed by atoms with Crippen molar-refractivity contribution in [3.8, 4) is 16.9 Å². The molecule has 1 atom stereocenters. The largest absolute Gasteiger partial charge is 0.434 e. The van der Waals surface area contributed by atoms with Gasteiger partial charge in [-0.05, 0) is 50.1 Å². The number of aliphatic hydroxyl groups is 1. The molecular weight excluding hydrogens is 468 g/mol. The van der Waals surface area contributed by atoms with E-state index in [0.29, 0.717) is 29.9 Å². The fourth-order valence-corrected chi connectivity index (χ4v) is 4.69. The number of rotatable bonds is 6. The summed E-state index contributed by atoms with van der Waals surface area (Å²) in [6, 6.07) is 10.1. The second-order valence-electron chi connectivity index (χ2n) is 9.29. The van der Waals surface area contributed by atoms with Gasteiger partial charge in [0, 0.05) is 42.6 Å². The lowest BCUT2D eigenvalue weighted by Crippen LogP contribution is -2.19. The normalized spacial score (nSPS) is 15.4.